The van der Waals surface area contributed by atoms with Crippen LogP contribution in [0, 0.1) is 0 Å². The molecule has 1 saturated heterocycles. The number of nitrogens with zero attached hydrogens (tertiary/aromatic N) is 3. The normalized spacial score (nSPS) is 26.1. The fourth-order valence-electron chi connectivity index (χ4n) is 3.49. The van der Waals surface area contributed by atoms with E-state index in [2.05, 4.69) is 52.2 Å². The fraction of sp³-hybridized carbons (Fsp3) is 0.286. The number of carbonyl (C=O) groups excluding carboxylic acids is 1. The summed E-state index contributed by atoms with van der Waals surface area (Å²) < 4.78 is 5.59. The van der Waals surface area contributed by atoms with E-state index in [0.29, 0.717) is 12.6 Å². The Bertz CT molecular complexity index is 921. The topological polar surface area (TPSA) is 66.3 Å². The molecule has 0 bridgehead atoms. The minimum absolute atomic E-state index is 0.0235. The monoisotopic (exact) mass is 394 g/mol. The highest BCUT2D eigenvalue weighted by atomic mass is 32.1. The highest BCUT2D eigenvalue weighted by Crippen LogP contribution is 2.27. The maximum absolute atomic E-state index is 12.7. The summed E-state index contributed by atoms with van der Waals surface area (Å²) in [7, 11) is 1.91. The lowest BCUT2D eigenvalue weighted by molar-refractivity contribution is -0.116. The molecule has 2 heterocycles. The van der Waals surface area contributed by atoms with Crippen molar-refractivity contribution in [3.63, 3.8) is 0 Å². The van der Waals surface area contributed by atoms with E-state index in [0.717, 1.165) is 24.2 Å². The average Bonchev–Trinajstić information content (AvgIpc) is 3.20. The molecule has 0 aromatic heterocycles. The van der Waals surface area contributed by atoms with Gasteiger partial charge in [0, 0.05) is 19.7 Å². The second-order valence-corrected chi connectivity index (χ2v) is 7.08. The number of carbonyl (C=O) groups is 1. The van der Waals surface area contributed by atoms with E-state index >= 15 is 0 Å². The Morgan fingerprint density at radius 3 is 3.07 bits per heavy atom. The highest BCUT2D eigenvalue weighted by Gasteiger charge is 2.32. The molecule has 2 unspecified atom stereocenters. The number of thiol groups is 1. The number of guanidine groups is 1. The van der Waals surface area contributed by atoms with Gasteiger partial charge >= 0.3 is 0 Å². The molecule has 2 aliphatic carbocycles. The second kappa shape index (κ2) is 8.06. The van der Waals surface area contributed by atoms with Gasteiger partial charge in [-0.1, -0.05) is 30.4 Å². The van der Waals surface area contributed by atoms with Crippen molar-refractivity contribution in [3.8, 4) is 0 Å². The highest BCUT2D eigenvalue weighted by molar-refractivity contribution is 7.83. The zero-order chi connectivity index (χ0) is 19.5. The standard InChI is InChI=1S/C21H22N4O2S/c1-25-18-7-3-2-6-16(18)23-21(25)24-20(26)17(13-28)22-12-14-5-4-8-19-15(11-14)9-10-27-19/h2-3,5-8,11-13,16,18,28H,4,9-10H2,1H3,(H,23,24,26)/b17-13-,22-12?. The molecule has 4 rings (SSSR count). The first-order valence-electron chi connectivity index (χ1n) is 9.25. The molecule has 0 aromatic rings. The summed E-state index contributed by atoms with van der Waals surface area (Å²) in [5.41, 5.74) is 2.34. The van der Waals surface area contributed by atoms with Crippen LogP contribution in [0.4, 0.5) is 0 Å². The molecule has 7 heteroatoms. The minimum Gasteiger partial charge on any atom is -0.493 e. The number of likely N-dealkylation sites (N-methyl/N-ethyl adjacent to an activating group) is 1. The number of aliphatic imine (C=N–C) groups is 2. The Labute approximate surface area is 169 Å². The van der Waals surface area contributed by atoms with Gasteiger partial charge in [0.1, 0.15) is 11.5 Å². The summed E-state index contributed by atoms with van der Waals surface area (Å²) >= 11 is 4.16. The van der Waals surface area contributed by atoms with Crippen molar-refractivity contribution in [2.45, 2.75) is 24.9 Å². The molecule has 0 aromatic carbocycles. The fourth-order valence-corrected chi connectivity index (χ4v) is 3.67. The molecule has 2 aliphatic heterocycles. The first-order valence-corrected chi connectivity index (χ1v) is 9.77. The van der Waals surface area contributed by atoms with Gasteiger partial charge in [0.15, 0.2) is 0 Å². The molecule has 1 amide bonds. The predicted molar refractivity (Wildman–Crippen MR) is 114 cm³/mol. The van der Waals surface area contributed by atoms with Crippen LogP contribution < -0.4 is 5.32 Å². The summed E-state index contributed by atoms with van der Waals surface area (Å²) in [5.74, 6) is 1.15. The maximum atomic E-state index is 12.7. The van der Waals surface area contributed by atoms with Crippen molar-refractivity contribution in [2.24, 2.45) is 9.98 Å². The number of nitrogens with one attached hydrogen (secondary N) is 1. The van der Waals surface area contributed by atoms with E-state index < -0.39 is 0 Å². The third kappa shape index (κ3) is 3.75. The minimum atomic E-state index is -0.339. The summed E-state index contributed by atoms with van der Waals surface area (Å²) in [5, 5.41) is 4.25. The van der Waals surface area contributed by atoms with Crippen LogP contribution in [0.25, 0.3) is 0 Å². The van der Waals surface area contributed by atoms with Crippen LogP contribution in [0.2, 0.25) is 0 Å². The van der Waals surface area contributed by atoms with Crippen molar-refractivity contribution >= 4 is 30.7 Å². The van der Waals surface area contributed by atoms with Crippen molar-refractivity contribution in [1.82, 2.24) is 10.2 Å². The first kappa shape index (κ1) is 18.6. The Morgan fingerprint density at radius 2 is 2.25 bits per heavy atom. The van der Waals surface area contributed by atoms with Crippen LogP contribution in [0.15, 0.2) is 80.5 Å². The van der Waals surface area contributed by atoms with Gasteiger partial charge in [-0.3, -0.25) is 10.1 Å². The van der Waals surface area contributed by atoms with Gasteiger partial charge in [-0.25, -0.2) is 9.98 Å². The van der Waals surface area contributed by atoms with Crippen LogP contribution in [0.1, 0.15) is 12.8 Å². The van der Waals surface area contributed by atoms with Crippen molar-refractivity contribution in [2.75, 3.05) is 13.7 Å². The number of fused-ring (bicyclic) bond motifs is 2. The van der Waals surface area contributed by atoms with Crippen LogP contribution in [-0.2, 0) is 9.53 Å². The average molecular weight is 395 g/mol. The van der Waals surface area contributed by atoms with E-state index in [-0.39, 0.29) is 23.7 Å². The SMILES string of the molecule is CN1C(NC(=O)/C(=C/S)N=CC2=CCC=C3OCCC3=C2)=NC2C=CC=CC21. The molecule has 0 radical (unpaired) electrons. The van der Waals surface area contributed by atoms with Gasteiger partial charge in [-0.15, -0.1) is 12.6 Å². The Hall–Kier alpha value is -2.80. The van der Waals surface area contributed by atoms with E-state index in [9.17, 15) is 4.79 Å². The van der Waals surface area contributed by atoms with Crippen LogP contribution in [0.5, 0.6) is 0 Å². The molecule has 0 saturated carbocycles. The van der Waals surface area contributed by atoms with Gasteiger partial charge < -0.3 is 9.64 Å². The van der Waals surface area contributed by atoms with Gasteiger partial charge in [-0.05, 0) is 35.1 Å². The van der Waals surface area contributed by atoms with Crippen LogP contribution in [-0.4, -0.2) is 48.7 Å². The van der Waals surface area contributed by atoms with Crippen molar-refractivity contribution < 1.29 is 9.53 Å². The van der Waals surface area contributed by atoms with E-state index in [1.165, 1.54) is 11.0 Å². The van der Waals surface area contributed by atoms with Gasteiger partial charge in [-0.2, -0.15) is 0 Å². The lowest BCUT2D eigenvalue weighted by atomic mass is 10.0. The summed E-state index contributed by atoms with van der Waals surface area (Å²) in [6.45, 7) is 0.717. The third-order valence-corrected chi connectivity index (χ3v) is 5.25. The van der Waals surface area contributed by atoms with Crippen molar-refractivity contribution in [1.29, 1.82) is 0 Å². The number of allylic oxidation sites excluding steroid dienone is 7. The lowest BCUT2D eigenvalue weighted by Crippen LogP contribution is -2.44. The molecule has 144 valence electrons. The molecule has 1 fully saturated rings. The number of hydrogen-bond acceptors (Lipinski definition) is 6. The maximum Gasteiger partial charge on any atom is 0.277 e. The largest absolute Gasteiger partial charge is 0.493 e. The first-order chi connectivity index (χ1) is 13.7. The molecule has 2 atom stereocenters. The smallest absolute Gasteiger partial charge is 0.277 e. The Balaban J connectivity index is 1.43. The zero-order valence-electron chi connectivity index (χ0n) is 15.6. The van der Waals surface area contributed by atoms with Gasteiger partial charge in [0.05, 0.1) is 18.7 Å². The Morgan fingerprint density at radius 1 is 1.39 bits per heavy atom. The zero-order valence-corrected chi connectivity index (χ0v) is 16.5. The molecule has 28 heavy (non-hydrogen) atoms. The van der Waals surface area contributed by atoms with E-state index in [4.69, 9.17) is 4.74 Å². The summed E-state index contributed by atoms with van der Waals surface area (Å²) in [4.78, 5) is 23.5. The number of amides is 1. The molecule has 6 nitrogen and oxygen atoms in total. The van der Waals surface area contributed by atoms with Crippen LogP contribution >= 0.6 is 12.6 Å². The molecular weight excluding hydrogens is 372 g/mol. The van der Waals surface area contributed by atoms with Crippen molar-refractivity contribution in [3.05, 3.63) is 70.5 Å². The molecular formula is C21H22N4O2S. The van der Waals surface area contributed by atoms with Crippen LogP contribution in [0.3, 0.4) is 0 Å². The summed E-state index contributed by atoms with van der Waals surface area (Å²) in [6, 6.07) is 0.153. The van der Waals surface area contributed by atoms with E-state index in [1.807, 2.05) is 30.2 Å². The quantitative estimate of drug-likeness (QED) is 0.439. The number of rotatable bonds is 3. The molecule has 1 N–H and O–H groups in total. The van der Waals surface area contributed by atoms with E-state index in [1.54, 1.807) is 6.21 Å². The van der Waals surface area contributed by atoms with Gasteiger partial charge in [0.25, 0.3) is 5.91 Å². The third-order valence-electron chi connectivity index (χ3n) is 5.01. The van der Waals surface area contributed by atoms with Gasteiger partial charge in [0.2, 0.25) is 5.96 Å². The summed E-state index contributed by atoms with van der Waals surface area (Å²) in [6.07, 6.45) is 17.6. The number of ether oxygens (including phenoxy) is 1. The second-order valence-electron chi connectivity index (χ2n) is 6.82. The number of hydrogen-bond donors (Lipinski definition) is 2. The molecule has 4 aliphatic rings. The molecule has 0 spiro atoms. The Kier molecular flexibility index (Phi) is 5.34. The predicted octanol–water partition coefficient (Wildman–Crippen LogP) is 2.67. The lowest BCUT2D eigenvalue weighted by Gasteiger charge is -2.23.